The molecule has 10 heteroatoms. The average molecular weight is 791 g/mol. The number of benzene rings is 5. The highest BCUT2D eigenvalue weighted by Gasteiger charge is 2.53. The highest BCUT2D eigenvalue weighted by Crippen LogP contribution is 2.36. The molecule has 0 radical (unpaired) electrons. The van der Waals surface area contributed by atoms with Gasteiger partial charge in [-0.3, -0.25) is 0 Å². The van der Waals surface area contributed by atoms with Crippen LogP contribution in [-0.4, -0.2) is 80.2 Å². The topological polar surface area (TPSA) is 103 Å². The van der Waals surface area contributed by atoms with Crippen LogP contribution in [0.25, 0.3) is 0 Å². The van der Waals surface area contributed by atoms with E-state index in [0.29, 0.717) is 13.2 Å². The molecule has 58 heavy (non-hydrogen) atoms. The summed E-state index contributed by atoms with van der Waals surface area (Å²) in [5.74, 6) is 0. The third-order valence-electron chi connectivity index (χ3n) is 10.4. The van der Waals surface area contributed by atoms with Gasteiger partial charge in [0.25, 0.3) is 0 Å². The molecule has 0 spiro atoms. The second-order valence-corrected chi connectivity index (χ2v) is 14.6. The van der Waals surface area contributed by atoms with Gasteiger partial charge in [0.05, 0.1) is 45.7 Å². The summed E-state index contributed by atoms with van der Waals surface area (Å²) in [4.78, 5) is 0. The fourth-order valence-electron chi connectivity index (χ4n) is 7.41. The smallest absolute Gasteiger partial charge is 0.187 e. The molecule has 10 atom stereocenters. The van der Waals surface area contributed by atoms with E-state index in [-0.39, 0.29) is 26.4 Å². The molecule has 0 aromatic heterocycles. The van der Waals surface area contributed by atoms with Crippen molar-refractivity contribution in [3.63, 3.8) is 0 Å². The Hall–Kier alpha value is -4.30. The predicted octanol–water partition coefficient (Wildman–Crippen LogP) is 7.41. The van der Waals surface area contributed by atoms with Gasteiger partial charge in [0, 0.05) is 7.11 Å². The Morgan fingerprint density at radius 3 is 1.10 bits per heavy atom. The van der Waals surface area contributed by atoms with Gasteiger partial charge < -0.3 is 47.7 Å². The van der Waals surface area contributed by atoms with Gasteiger partial charge in [0.2, 0.25) is 0 Å². The molecule has 10 nitrogen and oxygen atoms in total. The number of aliphatic hydroxyl groups is 1. The first-order valence-corrected chi connectivity index (χ1v) is 20.0. The van der Waals surface area contributed by atoms with Crippen LogP contribution < -0.4 is 0 Å². The van der Waals surface area contributed by atoms with Crippen molar-refractivity contribution >= 4 is 0 Å². The molecule has 0 unspecified atom stereocenters. The Labute approximate surface area is 341 Å². The quantitative estimate of drug-likeness (QED) is 0.0911. The van der Waals surface area contributed by atoms with Gasteiger partial charge in [-0.1, -0.05) is 152 Å². The standard InChI is InChI=1S/C48H54O10/c1-34-41(51-29-35-18-8-3-9-19-35)43(52-30-36-20-10-4-11-21-36)46(55-33-39-26-16-7-17-27-39)48(56-34)58-42-40(28-49)57-47(50-2)45(54-32-38-24-14-6-15-25-38)44(42)53-31-37-22-12-5-13-23-37/h3-27,34,40-49H,28-33H2,1-2H3/t34-,40-,41+,42+,43+,44+,45-,46-,47+,48+/m1/s1. The number of methoxy groups -OCH3 is 1. The van der Waals surface area contributed by atoms with Crippen LogP contribution in [0, 0.1) is 0 Å². The maximum atomic E-state index is 10.9. The fraction of sp³-hybridized carbons (Fsp3) is 0.375. The van der Waals surface area contributed by atoms with E-state index in [0.717, 1.165) is 27.8 Å². The lowest BCUT2D eigenvalue weighted by Crippen LogP contribution is -2.65. The van der Waals surface area contributed by atoms with Gasteiger partial charge in [-0.25, -0.2) is 0 Å². The van der Waals surface area contributed by atoms with Gasteiger partial charge >= 0.3 is 0 Å². The minimum Gasteiger partial charge on any atom is -0.394 e. The normalized spacial score (nSPS) is 27.3. The van der Waals surface area contributed by atoms with E-state index < -0.39 is 61.4 Å². The van der Waals surface area contributed by atoms with Gasteiger partial charge in [0.15, 0.2) is 12.6 Å². The van der Waals surface area contributed by atoms with Gasteiger partial charge in [-0.15, -0.1) is 0 Å². The van der Waals surface area contributed by atoms with Crippen molar-refractivity contribution in [3.8, 4) is 0 Å². The number of hydrogen-bond acceptors (Lipinski definition) is 10. The Morgan fingerprint density at radius 1 is 0.414 bits per heavy atom. The number of rotatable bonds is 19. The third-order valence-corrected chi connectivity index (χ3v) is 10.4. The maximum absolute atomic E-state index is 10.9. The molecule has 2 saturated heterocycles. The Morgan fingerprint density at radius 2 is 0.741 bits per heavy atom. The summed E-state index contributed by atoms with van der Waals surface area (Å²) in [6.45, 7) is 3.00. The summed E-state index contributed by atoms with van der Waals surface area (Å²) in [7, 11) is 1.55. The van der Waals surface area contributed by atoms with E-state index >= 15 is 0 Å². The first-order valence-electron chi connectivity index (χ1n) is 20.0. The minimum atomic E-state index is -1.00. The van der Waals surface area contributed by atoms with Gasteiger partial charge in [0.1, 0.15) is 42.7 Å². The summed E-state index contributed by atoms with van der Waals surface area (Å²) in [6, 6.07) is 49.7. The van der Waals surface area contributed by atoms with Crippen molar-refractivity contribution in [1.29, 1.82) is 0 Å². The summed E-state index contributed by atoms with van der Waals surface area (Å²) in [6.07, 6.45) is -7.62. The molecule has 2 fully saturated rings. The lowest BCUT2D eigenvalue weighted by Gasteiger charge is -2.49. The molecule has 2 aliphatic rings. The van der Waals surface area contributed by atoms with Crippen molar-refractivity contribution in [1.82, 2.24) is 0 Å². The van der Waals surface area contributed by atoms with Crippen LogP contribution in [0.4, 0.5) is 0 Å². The molecular weight excluding hydrogens is 737 g/mol. The first-order chi connectivity index (χ1) is 28.6. The van der Waals surface area contributed by atoms with E-state index in [1.807, 2.05) is 159 Å². The predicted molar refractivity (Wildman–Crippen MR) is 217 cm³/mol. The Balaban J connectivity index is 1.22. The van der Waals surface area contributed by atoms with E-state index in [9.17, 15) is 5.11 Å². The third kappa shape index (κ3) is 11.2. The molecule has 2 aliphatic heterocycles. The zero-order valence-electron chi connectivity index (χ0n) is 33.1. The lowest BCUT2D eigenvalue weighted by atomic mass is 9.96. The van der Waals surface area contributed by atoms with Crippen LogP contribution in [0.1, 0.15) is 34.7 Å². The zero-order chi connectivity index (χ0) is 39.9. The van der Waals surface area contributed by atoms with Crippen LogP contribution in [0.3, 0.4) is 0 Å². The van der Waals surface area contributed by atoms with Crippen LogP contribution in [0.2, 0.25) is 0 Å². The number of ether oxygens (including phenoxy) is 9. The van der Waals surface area contributed by atoms with Crippen molar-refractivity contribution in [2.75, 3.05) is 13.7 Å². The molecule has 0 aliphatic carbocycles. The molecule has 7 rings (SSSR count). The second-order valence-electron chi connectivity index (χ2n) is 14.6. The molecular formula is C48H54O10. The molecule has 5 aromatic rings. The zero-order valence-corrected chi connectivity index (χ0v) is 33.1. The first kappa shape index (κ1) is 41.8. The Kier molecular flexibility index (Phi) is 15.6. The van der Waals surface area contributed by atoms with E-state index in [1.54, 1.807) is 7.11 Å². The highest BCUT2D eigenvalue weighted by molar-refractivity contribution is 5.17. The molecule has 0 amide bonds. The summed E-state index contributed by atoms with van der Waals surface area (Å²) >= 11 is 0. The molecule has 1 N–H and O–H groups in total. The van der Waals surface area contributed by atoms with Crippen LogP contribution in [0.5, 0.6) is 0 Å². The SMILES string of the molecule is CO[C@H]1O[C@H](CO)[C@H](O[C@@H]2O[C@H](C)[C@H](OCc3ccccc3)[C@H](OCc3ccccc3)[C@H]2OCc2ccccc2)[C@H](OCc2ccccc2)[C@H]1OCc1ccccc1. The van der Waals surface area contributed by atoms with Crippen LogP contribution in [0.15, 0.2) is 152 Å². The van der Waals surface area contributed by atoms with E-state index in [1.165, 1.54) is 0 Å². The largest absolute Gasteiger partial charge is 0.394 e. The van der Waals surface area contributed by atoms with E-state index in [4.69, 9.17) is 42.6 Å². The number of aliphatic hydroxyl groups excluding tert-OH is 1. The summed E-state index contributed by atoms with van der Waals surface area (Å²) in [5.41, 5.74) is 4.93. The molecule has 2 heterocycles. The monoisotopic (exact) mass is 790 g/mol. The lowest BCUT2D eigenvalue weighted by molar-refractivity contribution is -0.372. The molecule has 0 bridgehead atoms. The molecule has 5 aromatic carbocycles. The van der Waals surface area contributed by atoms with Crippen molar-refractivity contribution < 1.29 is 47.7 Å². The van der Waals surface area contributed by atoms with Gasteiger partial charge in [-0.05, 0) is 34.7 Å². The van der Waals surface area contributed by atoms with Gasteiger partial charge in [-0.2, -0.15) is 0 Å². The maximum Gasteiger partial charge on any atom is 0.187 e. The minimum absolute atomic E-state index is 0.249. The molecule has 0 saturated carbocycles. The fourth-order valence-corrected chi connectivity index (χ4v) is 7.41. The van der Waals surface area contributed by atoms with Crippen molar-refractivity contribution in [3.05, 3.63) is 179 Å². The molecule has 306 valence electrons. The summed E-state index contributed by atoms with van der Waals surface area (Å²) < 4.78 is 59.7. The average Bonchev–Trinajstić information content (AvgIpc) is 3.28. The second kappa shape index (κ2) is 21.6. The van der Waals surface area contributed by atoms with Crippen molar-refractivity contribution in [2.45, 2.75) is 101 Å². The van der Waals surface area contributed by atoms with Crippen LogP contribution in [-0.2, 0) is 75.7 Å². The summed E-state index contributed by atoms with van der Waals surface area (Å²) in [5, 5.41) is 10.9. The van der Waals surface area contributed by atoms with Crippen LogP contribution >= 0.6 is 0 Å². The highest BCUT2D eigenvalue weighted by atomic mass is 16.8. The van der Waals surface area contributed by atoms with E-state index in [2.05, 4.69) is 0 Å². The Bertz CT molecular complexity index is 1870. The number of hydrogen-bond donors (Lipinski definition) is 1. The van der Waals surface area contributed by atoms with Crippen molar-refractivity contribution in [2.24, 2.45) is 0 Å².